The molecule has 3 atom stereocenters. The Morgan fingerprint density at radius 3 is 2.43 bits per heavy atom. The Kier molecular flexibility index (Phi) is 7.69. The smallest absolute Gasteiger partial charge is 0.251 e. The fourth-order valence-electron chi connectivity index (χ4n) is 5.23. The second kappa shape index (κ2) is 10.7. The number of rotatable bonds is 7. The third-order valence-electron chi connectivity index (χ3n) is 7.59. The lowest BCUT2D eigenvalue weighted by molar-refractivity contribution is -0.130. The van der Waals surface area contributed by atoms with E-state index in [2.05, 4.69) is 10.6 Å². The van der Waals surface area contributed by atoms with Gasteiger partial charge in [-0.2, -0.15) is 0 Å². The normalized spacial score (nSPS) is 18.6. The largest absolute Gasteiger partial charge is 0.343 e. The zero-order valence-corrected chi connectivity index (χ0v) is 20.7. The van der Waals surface area contributed by atoms with E-state index in [4.69, 9.17) is 0 Å². The van der Waals surface area contributed by atoms with Gasteiger partial charge in [0, 0.05) is 18.8 Å². The first-order valence-electron chi connectivity index (χ1n) is 12.6. The number of carbonyl (C=O) groups is 2. The van der Waals surface area contributed by atoms with Crippen LogP contribution in [0.5, 0.6) is 0 Å². The standard InChI is InChI=1S/C27H35FN4O3/c1-17(29-3)26(34)30-25(20-7-5-4-6-8-20)27(35)31-14-13-21-15-24(33)32(16-23(21)31)18(2)19-9-11-22(28)12-10-19/h9-12,15-18,20,25,29H,4-8,13-14H2,1-3H3,(H,30,34)/t17-,18?,25+/m0/s1. The van der Waals surface area contributed by atoms with Gasteiger partial charge in [-0.15, -0.1) is 0 Å². The van der Waals surface area contributed by atoms with E-state index >= 15 is 0 Å². The highest BCUT2D eigenvalue weighted by molar-refractivity contribution is 6.01. The third kappa shape index (κ3) is 5.32. The highest BCUT2D eigenvalue weighted by Crippen LogP contribution is 2.32. The van der Waals surface area contributed by atoms with Crippen molar-refractivity contribution in [2.75, 3.05) is 18.5 Å². The van der Waals surface area contributed by atoms with Gasteiger partial charge in [-0.3, -0.25) is 14.4 Å². The Hall–Kier alpha value is -3.00. The quantitative estimate of drug-likeness (QED) is 0.635. The molecule has 2 heterocycles. The van der Waals surface area contributed by atoms with Gasteiger partial charge < -0.3 is 20.1 Å². The van der Waals surface area contributed by atoms with Crippen molar-refractivity contribution in [2.45, 2.75) is 70.5 Å². The van der Waals surface area contributed by atoms with E-state index in [0.29, 0.717) is 18.7 Å². The first-order chi connectivity index (χ1) is 16.8. The summed E-state index contributed by atoms with van der Waals surface area (Å²) < 4.78 is 15.0. The molecule has 0 spiro atoms. The zero-order valence-electron chi connectivity index (χ0n) is 20.7. The summed E-state index contributed by atoms with van der Waals surface area (Å²) >= 11 is 0. The predicted molar refractivity (Wildman–Crippen MR) is 134 cm³/mol. The van der Waals surface area contributed by atoms with E-state index in [1.165, 1.54) is 12.1 Å². The minimum atomic E-state index is -0.598. The summed E-state index contributed by atoms with van der Waals surface area (Å²) in [5, 5.41) is 5.97. The minimum Gasteiger partial charge on any atom is -0.343 e. The lowest BCUT2D eigenvalue weighted by atomic mass is 9.83. The van der Waals surface area contributed by atoms with Crippen LogP contribution in [0.15, 0.2) is 41.3 Å². The van der Waals surface area contributed by atoms with E-state index in [1.54, 1.807) is 47.8 Å². The number of benzene rings is 1. The average Bonchev–Trinajstić information content (AvgIpc) is 3.28. The molecule has 1 fully saturated rings. The van der Waals surface area contributed by atoms with Crippen LogP contribution in [0.1, 0.15) is 63.1 Å². The lowest BCUT2D eigenvalue weighted by Gasteiger charge is -2.33. The van der Waals surface area contributed by atoms with Gasteiger partial charge >= 0.3 is 0 Å². The SMILES string of the molecule is CN[C@@H](C)C(=O)N[C@@H](C(=O)N1CCc2cc(=O)n(C(C)c3ccc(F)cc3)cc21)C1CCCCC1. The van der Waals surface area contributed by atoms with Gasteiger partial charge in [0.2, 0.25) is 11.8 Å². The number of pyridine rings is 1. The maximum Gasteiger partial charge on any atom is 0.251 e. The molecule has 1 unspecified atom stereocenters. The molecule has 2 N–H and O–H groups in total. The number of nitrogens with zero attached hydrogens (tertiary/aromatic N) is 2. The Morgan fingerprint density at radius 2 is 1.77 bits per heavy atom. The van der Waals surface area contributed by atoms with E-state index in [1.807, 2.05) is 6.92 Å². The molecule has 35 heavy (non-hydrogen) atoms. The maximum absolute atomic E-state index is 13.9. The van der Waals surface area contributed by atoms with Gasteiger partial charge in [-0.25, -0.2) is 4.39 Å². The highest BCUT2D eigenvalue weighted by atomic mass is 19.1. The summed E-state index contributed by atoms with van der Waals surface area (Å²) in [5.41, 5.74) is 2.19. The van der Waals surface area contributed by atoms with Crippen molar-refractivity contribution in [3.8, 4) is 0 Å². The number of likely N-dealkylation sites (N-methyl/N-ethyl adjacent to an activating group) is 1. The monoisotopic (exact) mass is 482 g/mol. The molecule has 2 aliphatic rings. The van der Waals surface area contributed by atoms with Gasteiger partial charge in [0.1, 0.15) is 11.9 Å². The minimum absolute atomic E-state index is 0.0948. The molecule has 1 aromatic heterocycles. The zero-order chi connectivity index (χ0) is 25.1. The maximum atomic E-state index is 13.9. The number of carbonyl (C=O) groups excluding carboxylic acids is 2. The van der Waals surface area contributed by atoms with Crippen LogP contribution in [-0.2, 0) is 16.0 Å². The van der Waals surface area contributed by atoms with Crippen LogP contribution < -0.4 is 21.1 Å². The van der Waals surface area contributed by atoms with E-state index in [0.717, 1.165) is 43.2 Å². The molecule has 2 amide bonds. The molecule has 1 aliphatic carbocycles. The number of hydrogen-bond acceptors (Lipinski definition) is 4. The Bertz CT molecular complexity index is 1120. The number of hydrogen-bond donors (Lipinski definition) is 2. The van der Waals surface area contributed by atoms with Crippen molar-refractivity contribution >= 4 is 17.5 Å². The molecule has 4 rings (SSSR count). The molecular formula is C27H35FN4O3. The summed E-state index contributed by atoms with van der Waals surface area (Å²) in [4.78, 5) is 41.3. The summed E-state index contributed by atoms with van der Waals surface area (Å²) in [7, 11) is 1.72. The molecular weight excluding hydrogens is 447 g/mol. The van der Waals surface area contributed by atoms with E-state index < -0.39 is 12.1 Å². The first-order valence-corrected chi connectivity index (χ1v) is 12.6. The first kappa shape index (κ1) is 25.1. The number of halogens is 1. The van der Waals surface area contributed by atoms with Crippen molar-refractivity contribution in [3.63, 3.8) is 0 Å². The van der Waals surface area contributed by atoms with Crippen molar-refractivity contribution in [3.05, 3.63) is 63.8 Å². The van der Waals surface area contributed by atoms with Crippen LogP contribution in [0, 0.1) is 11.7 Å². The van der Waals surface area contributed by atoms with Gasteiger partial charge in [0.05, 0.1) is 17.8 Å². The van der Waals surface area contributed by atoms with Crippen LogP contribution in [0.25, 0.3) is 0 Å². The molecule has 1 aromatic carbocycles. The Morgan fingerprint density at radius 1 is 1.09 bits per heavy atom. The fraction of sp³-hybridized carbons (Fsp3) is 0.519. The third-order valence-corrected chi connectivity index (χ3v) is 7.59. The summed E-state index contributed by atoms with van der Waals surface area (Å²) in [6.07, 6.45) is 7.42. The van der Waals surface area contributed by atoms with Gasteiger partial charge in [0.25, 0.3) is 5.56 Å². The number of fused-ring (bicyclic) bond motifs is 1. The van der Waals surface area contributed by atoms with E-state index in [-0.39, 0.29) is 35.2 Å². The average molecular weight is 483 g/mol. The van der Waals surface area contributed by atoms with Crippen LogP contribution in [-0.4, -0.2) is 42.1 Å². The molecule has 1 aliphatic heterocycles. The van der Waals surface area contributed by atoms with Crippen molar-refractivity contribution in [2.24, 2.45) is 5.92 Å². The summed E-state index contributed by atoms with van der Waals surface area (Å²) in [6, 6.07) is 6.37. The Labute approximate surface area is 205 Å². The molecule has 1 saturated carbocycles. The summed E-state index contributed by atoms with van der Waals surface area (Å²) in [6.45, 7) is 4.13. The Balaban J connectivity index is 1.64. The van der Waals surface area contributed by atoms with Crippen molar-refractivity contribution in [1.82, 2.24) is 15.2 Å². The van der Waals surface area contributed by atoms with E-state index in [9.17, 15) is 18.8 Å². The second-order valence-corrected chi connectivity index (χ2v) is 9.79. The predicted octanol–water partition coefficient (Wildman–Crippen LogP) is 3.16. The summed E-state index contributed by atoms with van der Waals surface area (Å²) in [5.74, 6) is -0.544. The molecule has 0 radical (unpaired) electrons. The van der Waals surface area contributed by atoms with Crippen molar-refractivity contribution in [1.29, 1.82) is 0 Å². The number of nitrogens with one attached hydrogen (secondary N) is 2. The molecule has 8 heteroatoms. The highest BCUT2D eigenvalue weighted by Gasteiger charge is 2.37. The number of aromatic nitrogens is 1. The van der Waals surface area contributed by atoms with Crippen LogP contribution in [0.4, 0.5) is 10.1 Å². The number of anilines is 1. The van der Waals surface area contributed by atoms with Gasteiger partial charge in [-0.1, -0.05) is 31.4 Å². The van der Waals surface area contributed by atoms with Crippen LogP contribution >= 0.6 is 0 Å². The number of amides is 2. The molecule has 188 valence electrons. The van der Waals surface area contributed by atoms with Gasteiger partial charge in [-0.05, 0) is 69.3 Å². The van der Waals surface area contributed by atoms with Crippen molar-refractivity contribution < 1.29 is 14.0 Å². The molecule has 0 saturated heterocycles. The van der Waals surface area contributed by atoms with Gasteiger partial charge in [0.15, 0.2) is 0 Å². The van der Waals surface area contributed by atoms with Crippen LogP contribution in [0.2, 0.25) is 0 Å². The lowest BCUT2D eigenvalue weighted by Crippen LogP contribution is -2.55. The molecule has 2 aromatic rings. The second-order valence-electron chi connectivity index (χ2n) is 9.79. The fourth-order valence-corrected chi connectivity index (χ4v) is 5.23. The molecule has 0 bridgehead atoms. The van der Waals surface area contributed by atoms with Crippen LogP contribution in [0.3, 0.4) is 0 Å². The molecule has 7 nitrogen and oxygen atoms in total. The topological polar surface area (TPSA) is 83.4 Å².